The third-order valence-electron chi connectivity index (χ3n) is 2.62. The van der Waals surface area contributed by atoms with Crippen molar-refractivity contribution in [1.29, 1.82) is 0 Å². The van der Waals surface area contributed by atoms with Crippen LogP contribution < -0.4 is 5.32 Å². The minimum absolute atomic E-state index is 0.125. The fourth-order valence-electron chi connectivity index (χ4n) is 1.63. The molecular weight excluding hydrogens is 297 g/mol. The highest BCUT2D eigenvalue weighted by molar-refractivity contribution is 7.16. The first kappa shape index (κ1) is 16.8. The highest BCUT2D eigenvalue weighted by Gasteiger charge is 2.31. The van der Waals surface area contributed by atoms with E-state index in [9.17, 15) is 13.2 Å². The topological polar surface area (TPSA) is 15.3 Å². The predicted molar refractivity (Wildman–Crippen MR) is 73.8 cm³/mol. The van der Waals surface area contributed by atoms with Gasteiger partial charge in [0.2, 0.25) is 0 Å². The van der Waals surface area contributed by atoms with E-state index in [4.69, 9.17) is 11.6 Å². The van der Waals surface area contributed by atoms with Crippen LogP contribution in [0.15, 0.2) is 12.1 Å². The molecule has 1 heterocycles. The number of hydrogen-bond donors (Lipinski definition) is 1. The molecule has 0 spiro atoms. The van der Waals surface area contributed by atoms with E-state index in [2.05, 4.69) is 5.32 Å². The van der Waals surface area contributed by atoms with E-state index in [0.717, 1.165) is 9.21 Å². The lowest BCUT2D eigenvalue weighted by atomic mass is 10.3. The van der Waals surface area contributed by atoms with E-state index in [1.807, 2.05) is 12.1 Å². The second kappa shape index (κ2) is 7.47. The number of nitrogens with one attached hydrogen (secondary N) is 1. The van der Waals surface area contributed by atoms with Crippen molar-refractivity contribution in [2.75, 3.05) is 19.6 Å². The number of alkyl halides is 3. The average Bonchev–Trinajstić information content (AvgIpc) is 2.67. The minimum atomic E-state index is -4.15. The van der Waals surface area contributed by atoms with Gasteiger partial charge in [-0.15, -0.1) is 11.3 Å². The Morgan fingerprint density at radius 3 is 2.53 bits per heavy atom. The Hall–Kier alpha value is -0.300. The highest BCUT2D eigenvalue weighted by Crippen LogP contribution is 2.21. The molecule has 1 aromatic rings. The van der Waals surface area contributed by atoms with Crippen molar-refractivity contribution in [2.24, 2.45) is 0 Å². The summed E-state index contributed by atoms with van der Waals surface area (Å²) in [7, 11) is 0. The van der Waals surface area contributed by atoms with E-state index in [1.165, 1.54) is 16.2 Å². The zero-order valence-corrected chi connectivity index (χ0v) is 12.5. The first-order valence-corrected chi connectivity index (χ1v) is 7.23. The number of thiophene rings is 1. The molecule has 0 unspecified atom stereocenters. The maximum absolute atomic E-state index is 12.4. The fraction of sp³-hybridized carbons (Fsp3) is 0.667. The number of hydrogen-bond acceptors (Lipinski definition) is 3. The Morgan fingerprint density at radius 2 is 2.05 bits per heavy atom. The summed E-state index contributed by atoms with van der Waals surface area (Å²) in [6, 6.07) is 3.60. The van der Waals surface area contributed by atoms with Crippen LogP contribution in [0.3, 0.4) is 0 Å². The Morgan fingerprint density at radius 1 is 1.37 bits per heavy atom. The van der Waals surface area contributed by atoms with E-state index in [0.29, 0.717) is 19.6 Å². The van der Waals surface area contributed by atoms with Crippen molar-refractivity contribution in [3.05, 3.63) is 21.3 Å². The molecule has 0 fully saturated rings. The maximum Gasteiger partial charge on any atom is 0.401 e. The zero-order valence-electron chi connectivity index (χ0n) is 10.9. The van der Waals surface area contributed by atoms with Gasteiger partial charge in [0.25, 0.3) is 0 Å². The van der Waals surface area contributed by atoms with Gasteiger partial charge in [0.1, 0.15) is 0 Å². The molecule has 0 amide bonds. The van der Waals surface area contributed by atoms with Gasteiger partial charge in [-0.05, 0) is 26.0 Å². The molecule has 0 radical (unpaired) electrons. The van der Waals surface area contributed by atoms with Gasteiger partial charge in [0.15, 0.2) is 0 Å². The largest absolute Gasteiger partial charge is 0.401 e. The standard InChI is InChI=1S/C12H18ClF3N2S/c1-9(2)18(8-12(14,15)16)6-5-17-7-10-3-4-11(13)19-10/h3-4,9,17H,5-8H2,1-2H3. The summed E-state index contributed by atoms with van der Waals surface area (Å²) >= 11 is 7.27. The highest BCUT2D eigenvalue weighted by atomic mass is 35.5. The van der Waals surface area contributed by atoms with E-state index in [-0.39, 0.29) is 6.04 Å². The third-order valence-corrected chi connectivity index (χ3v) is 3.85. The van der Waals surface area contributed by atoms with Crippen molar-refractivity contribution in [1.82, 2.24) is 10.2 Å². The molecule has 1 N–H and O–H groups in total. The lowest BCUT2D eigenvalue weighted by Crippen LogP contribution is -2.42. The summed E-state index contributed by atoms with van der Waals surface area (Å²) < 4.78 is 37.8. The van der Waals surface area contributed by atoms with E-state index >= 15 is 0 Å². The summed E-state index contributed by atoms with van der Waals surface area (Å²) in [5.41, 5.74) is 0. The molecule has 19 heavy (non-hydrogen) atoms. The first-order valence-electron chi connectivity index (χ1n) is 6.03. The molecule has 0 atom stereocenters. The molecule has 2 nitrogen and oxygen atoms in total. The van der Waals surface area contributed by atoms with Crippen LogP contribution in [0, 0.1) is 0 Å². The second-order valence-electron chi connectivity index (χ2n) is 4.56. The molecule has 0 aliphatic carbocycles. The van der Waals surface area contributed by atoms with E-state index in [1.54, 1.807) is 13.8 Å². The van der Waals surface area contributed by atoms with Gasteiger partial charge in [-0.2, -0.15) is 13.2 Å². The van der Waals surface area contributed by atoms with Crippen molar-refractivity contribution >= 4 is 22.9 Å². The SMILES string of the molecule is CC(C)N(CCNCc1ccc(Cl)s1)CC(F)(F)F. The molecular formula is C12H18ClF3N2S. The molecule has 110 valence electrons. The normalized spacial score (nSPS) is 12.6. The Bertz CT molecular complexity index is 379. The lowest BCUT2D eigenvalue weighted by molar-refractivity contribution is -0.149. The molecule has 0 saturated heterocycles. The number of halogens is 4. The molecule has 0 aliphatic rings. The lowest BCUT2D eigenvalue weighted by Gasteiger charge is -2.27. The summed E-state index contributed by atoms with van der Waals surface area (Å²) in [4.78, 5) is 2.49. The van der Waals surface area contributed by atoms with Crippen LogP contribution in [0.1, 0.15) is 18.7 Å². The first-order chi connectivity index (χ1) is 8.78. The average molecular weight is 315 g/mol. The monoisotopic (exact) mass is 314 g/mol. The van der Waals surface area contributed by atoms with Crippen LogP contribution >= 0.6 is 22.9 Å². The van der Waals surface area contributed by atoms with Gasteiger partial charge in [0.05, 0.1) is 10.9 Å². The van der Waals surface area contributed by atoms with E-state index < -0.39 is 12.7 Å². The van der Waals surface area contributed by atoms with Crippen LogP contribution in [-0.4, -0.2) is 36.8 Å². The molecule has 1 rings (SSSR count). The van der Waals surface area contributed by atoms with Gasteiger partial charge in [-0.1, -0.05) is 11.6 Å². The molecule has 0 bridgehead atoms. The van der Waals surface area contributed by atoms with Crippen molar-refractivity contribution in [3.8, 4) is 0 Å². The molecule has 0 aliphatic heterocycles. The van der Waals surface area contributed by atoms with Crippen LogP contribution in [0.2, 0.25) is 4.34 Å². The summed E-state index contributed by atoms with van der Waals surface area (Å²) in [6.07, 6.45) is -4.15. The maximum atomic E-state index is 12.4. The van der Waals surface area contributed by atoms with Crippen LogP contribution in [0.4, 0.5) is 13.2 Å². The summed E-state index contributed by atoms with van der Waals surface area (Å²) in [6.45, 7) is 4.20. The smallest absolute Gasteiger partial charge is 0.311 e. The van der Waals surface area contributed by atoms with Gasteiger partial charge < -0.3 is 5.32 Å². The molecule has 0 aromatic carbocycles. The second-order valence-corrected chi connectivity index (χ2v) is 6.36. The van der Waals surface area contributed by atoms with Crippen LogP contribution in [0.25, 0.3) is 0 Å². The van der Waals surface area contributed by atoms with Crippen LogP contribution in [0.5, 0.6) is 0 Å². The Labute approximate surface area is 120 Å². The molecule has 1 aromatic heterocycles. The van der Waals surface area contributed by atoms with Crippen molar-refractivity contribution < 1.29 is 13.2 Å². The van der Waals surface area contributed by atoms with Gasteiger partial charge in [0, 0.05) is 30.6 Å². The minimum Gasteiger partial charge on any atom is -0.311 e. The van der Waals surface area contributed by atoms with Gasteiger partial charge in [-0.3, -0.25) is 4.90 Å². The van der Waals surface area contributed by atoms with Gasteiger partial charge >= 0.3 is 6.18 Å². The van der Waals surface area contributed by atoms with Crippen LogP contribution in [-0.2, 0) is 6.54 Å². The predicted octanol–water partition coefficient (Wildman–Crippen LogP) is 3.76. The quantitative estimate of drug-likeness (QED) is 0.771. The summed E-state index contributed by atoms with van der Waals surface area (Å²) in [5, 5.41) is 3.13. The van der Waals surface area contributed by atoms with Crippen molar-refractivity contribution in [2.45, 2.75) is 32.6 Å². The Balaban J connectivity index is 2.28. The summed E-state index contributed by atoms with van der Waals surface area (Å²) in [5.74, 6) is 0. The zero-order chi connectivity index (χ0) is 14.5. The molecule has 7 heteroatoms. The molecule has 0 saturated carbocycles. The number of nitrogens with zero attached hydrogens (tertiary/aromatic N) is 1. The Kier molecular flexibility index (Phi) is 6.59. The third kappa shape index (κ3) is 7.15. The number of rotatable bonds is 7. The van der Waals surface area contributed by atoms with Crippen molar-refractivity contribution in [3.63, 3.8) is 0 Å². The van der Waals surface area contributed by atoms with Gasteiger partial charge in [-0.25, -0.2) is 0 Å². The fourth-order valence-corrected chi connectivity index (χ4v) is 2.69.